The zero-order chi connectivity index (χ0) is 12.9. The van der Waals surface area contributed by atoms with Crippen LogP contribution in [0.4, 0.5) is 0 Å². The summed E-state index contributed by atoms with van der Waals surface area (Å²) in [5, 5.41) is 20.3. The minimum atomic E-state index is -1.04. The van der Waals surface area contributed by atoms with Crippen molar-refractivity contribution in [3.63, 3.8) is 0 Å². The van der Waals surface area contributed by atoms with Crippen LogP contribution in [0.2, 0.25) is 0 Å². The number of nitrogens with zero attached hydrogens (tertiary/aromatic N) is 1. The van der Waals surface area contributed by atoms with Crippen LogP contribution in [0.5, 0.6) is 0 Å². The van der Waals surface area contributed by atoms with E-state index >= 15 is 0 Å². The van der Waals surface area contributed by atoms with Gasteiger partial charge in [-0.3, -0.25) is 4.79 Å². The molecule has 0 aromatic carbocycles. The van der Waals surface area contributed by atoms with Gasteiger partial charge in [-0.05, 0) is 35.6 Å². The normalized spacial score (nSPS) is 17.9. The molecule has 0 amide bonds. The number of rotatable bonds is 2. The van der Waals surface area contributed by atoms with Crippen molar-refractivity contribution in [2.45, 2.75) is 12.8 Å². The minimum absolute atomic E-state index is 0.295. The smallest absolute Gasteiger partial charge is 0.321 e. The number of hydrogen-bond acceptors (Lipinski definition) is 4. The zero-order valence-corrected chi connectivity index (χ0v) is 11.1. The van der Waals surface area contributed by atoms with Crippen LogP contribution in [0.1, 0.15) is 20.5 Å². The third-order valence-electron chi connectivity index (χ3n) is 3.17. The Labute approximate surface area is 112 Å². The monoisotopic (exact) mass is 275 g/mol. The first-order valence-electron chi connectivity index (χ1n) is 5.44. The summed E-state index contributed by atoms with van der Waals surface area (Å²) in [5.74, 6) is -2.33. The molecule has 0 spiro atoms. The molecule has 2 aromatic rings. The lowest BCUT2D eigenvalue weighted by Gasteiger charge is -2.12. The molecule has 3 rings (SSSR count). The van der Waals surface area contributed by atoms with Crippen LogP contribution in [-0.4, -0.2) is 11.1 Å². The van der Waals surface area contributed by atoms with E-state index in [1.54, 1.807) is 22.7 Å². The van der Waals surface area contributed by atoms with Gasteiger partial charge in [0.1, 0.15) is 0 Å². The van der Waals surface area contributed by atoms with Gasteiger partial charge in [-0.25, -0.2) is 0 Å². The first-order valence-corrected chi connectivity index (χ1v) is 7.13. The number of thiophene rings is 2. The number of nitriles is 1. The summed E-state index contributed by atoms with van der Waals surface area (Å²) in [6.07, 6.45) is 0. The molecule has 2 heterocycles. The fourth-order valence-electron chi connectivity index (χ4n) is 2.45. The summed E-state index contributed by atoms with van der Waals surface area (Å²) in [6, 6.07) is 6.04. The first kappa shape index (κ1) is 11.5. The Morgan fingerprint density at radius 1 is 1.50 bits per heavy atom. The van der Waals surface area contributed by atoms with Gasteiger partial charge in [0.05, 0.1) is 12.0 Å². The van der Waals surface area contributed by atoms with E-state index in [1.807, 2.05) is 24.4 Å². The highest BCUT2D eigenvalue weighted by atomic mass is 32.1. The first-order chi connectivity index (χ1) is 8.63. The van der Waals surface area contributed by atoms with E-state index < -0.39 is 11.9 Å². The molecule has 0 aliphatic heterocycles. The molecular formula is C13H9NO2S2. The highest BCUT2D eigenvalue weighted by molar-refractivity contribution is 7.14. The highest BCUT2D eigenvalue weighted by Crippen LogP contribution is 2.53. The van der Waals surface area contributed by atoms with Gasteiger partial charge in [0.15, 0.2) is 5.92 Å². The molecule has 90 valence electrons. The SMILES string of the molecule is Cc1cc2c(s1)C(C(C#N)C(=O)O)c1sccc1-2. The van der Waals surface area contributed by atoms with Crippen LogP contribution in [-0.2, 0) is 4.79 Å². The summed E-state index contributed by atoms with van der Waals surface area (Å²) in [5.41, 5.74) is 2.21. The Morgan fingerprint density at radius 2 is 2.28 bits per heavy atom. The largest absolute Gasteiger partial charge is 0.480 e. The molecule has 0 saturated heterocycles. The van der Waals surface area contributed by atoms with Crippen LogP contribution < -0.4 is 0 Å². The molecule has 5 heteroatoms. The number of carboxylic acid groups (broad SMARTS) is 1. The molecule has 2 atom stereocenters. The maximum Gasteiger partial charge on any atom is 0.321 e. The van der Waals surface area contributed by atoms with Gasteiger partial charge in [-0.1, -0.05) is 0 Å². The fourth-order valence-corrected chi connectivity index (χ4v) is 4.77. The maximum atomic E-state index is 11.3. The molecule has 1 N–H and O–H groups in total. The lowest BCUT2D eigenvalue weighted by atomic mass is 9.93. The lowest BCUT2D eigenvalue weighted by Crippen LogP contribution is -2.18. The molecule has 2 aromatic heterocycles. The van der Waals surface area contributed by atoms with Crippen LogP contribution in [0.15, 0.2) is 17.5 Å². The van der Waals surface area contributed by atoms with E-state index in [2.05, 4.69) is 6.07 Å². The topological polar surface area (TPSA) is 61.1 Å². The van der Waals surface area contributed by atoms with Crippen molar-refractivity contribution in [1.82, 2.24) is 0 Å². The lowest BCUT2D eigenvalue weighted by molar-refractivity contribution is -0.140. The quantitative estimate of drug-likeness (QED) is 0.913. The van der Waals surface area contributed by atoms with Gasteiger partial charge < -0.3 is 5.11 Å². The Bertz CT molecular complexity index is 677. The predicted molar refractivity (Wildman–Crippen MR) is 71.0 cm³/mol. The third kappa shape index (κ3) is 1.43. The van der Waals surface area contributed by atoms with Crippen molar-refractivity contribution >= 4 is 28.6 Å². The summed E-state index contributed by atoms with van der Waals surface area (Å²) < 4.78 is 0. The van der Waals surface area contributed by atoms with Gasteiger partial charge in [0.2, 0.25) is 0 Å². The van der Waals surface area contributed by atoms with Crippen molar-refractivity contribution in [2.75, 3.05) is 0 Å². The standard InChI is InChI=1S/C13H9NO2S2/c1-6-4-8-7-2-3-17-11(7)10(12(8)18-6)9(5-14)13(15)16/h2-4,9-10H,1H3,(H,15,16). The van der Waals surface area contributed by atoms with E-state index in [0.29, 0.717) is 0 Å². The van der Waals surface area contributed by atoms with E-state index in [-0.39, 0.29) is 5.92 Å². The fraction of sp³-hybridized carbons (Fsp3) is 0.231. The highest BCUT2D eigenvalue weighted by Gasteiger charge is 2.40. The second-order valence-corrected chi connectivity index (χ2v) is 6.49. The van der Waals surface area contributed by atoms with E-state index in [9.17, 15) is 9.90 Å². The average Bonchev–Trinajstić information content (AvgIpc) is 2.94. The Hall–Kier alpha value is -1.64. The van der Waals surface area contributed by atoms with Gasteiger partial charge >= 0.3 is 5.97 Å². The maximum absolute atomic E-state index is 11.3. The van der Waals surface area contributed by atoms with Crippen LogP contribution in [0.3, 0.4) is 0 Å². The van der Waals surface area contributed by atoms with Crippen molar-refractivity contribution in [1.29, 1.82) is 5.26 Å². The second kappa shape index (κ2) is 3.94. The predicted octanol–water partition coefficient (Wildman–Crippen LogP) is 3.45. The number of fused-ring (bicyclic) bond motifs is 3. The van der Waals surface area contributed by atoms with Crippen LogP contribution in [0.25, 0.3) is 11.1 Å². The number of aryl methyl sites for hydroxylation is 1. The molecule has 18 heavy (non-hydrogen) atoms. The van der Waals surface area contributed by atoms with Gasteiger partial charge in [0, 0.05) is 14.6 Å². The van der Waals surface area contributed by atoms with Crippen molar-refractivity contribution < 1.29 is 9.90 Å². The Morgan fingerprint density at radius 3 is 2.94 bits per heavy atom. The molecule has 0 fully saturated rings. The molecule has 1 aliphatic carbocycles. The summed E-state index contributed by atoms with van der Waals surface area (Å²) in [6.45, 7) is 2.01. The Balaban J connectivity index is 2.22. The molecule has 0 radical (unpaired) electrons. The average molecular weight is 275 g/mol. The van der Waals surface area contributed by atoms with E-state index in [0.717, 1.165) is 25.8 Å². The molecular weight excluding hydrogens is 266 g/mol. The van der Waals surface area contributed by atoms with Crippen molar-refractivity contribution in [2.24, 2.45) is 5.92 Å². The summed E-state index contributed by atoms with van der Waals surface area (Å²) in [4.78, 5) is 14.5. The molecule has 3 nitrogen and oxygen atoms in total. The number of aliphatic carboxylic acids is 1. The Kier molecular flexibility index (Phi) is 2.51. The number of hydrogen-bond donors (Lipinski definition) is 1. The molecule has 1 aliphatic rings. The van der Waals surface area contributed by atoms with Gasteiger partial charge in [-0.2, -0.15) is 5.26 Å². The van der Waals surface area contributed by atoms with E-state index in [1.165, 1.54) is 0 Å². The van der Waals surface area contributed by atoms with Crippen LogP contribution >= 0.6 is 22.7 Å². The van der Waals surface area contributed by atoms with Crippen molar-refractivity contribution in [3.05, 3.63) is 32.1 Å². The van der Waals surface area contributed by atoms with Gasteiger partial charge in [-0.15, -0.1) is 22.7 Å². The number of carbonyl (C=O) groups is 1. The molecule has 2 unspecified atom stereocenters. The van der Waals surface area contributed by atoms with E-state index in [4.69, 9.17) is 5.26 Å². The van der Waals surface area contributed by atoms with Gasteiger partial charge in [0.25, 0.3) is 0 Å². The summed E-state index contributed by atoms with van der Waals surface area (Å²) >= 11 is 3.14. The molecule has 0 bridgehead atoms. The number of carboxylic acids is 1. The zero-order valence-electron chi connectivity index (χ0n) is 9.51. The van der Waals surface area contributed by atoms with Crippen LogP contribution in [0, 0.1) is 24.2 Å². The van der Waals surface area contributed by atoms with Crippen molar-refractivity contribution in [3.8, 4) is 17.2 Å². The second-order valence-electron chi connectivity index (χ2n) is 4.26. The minimum Gasteiger partial charge on any atom is -0.480 e. The third-order valence-corrected chi connectivity index (χ3v) is 5.31. The summed E-state index contributed by atoms with van der Waals surface area (Å²) in [7, 11) is 0. The molecule has 0 saturated carbocycles.